The van der Waals surface area contributed by atoms with Gasteiger partial charge in [0.2, 0.25) is 0 Å². The number of hydrogen-bond donors (Lipinski definition) is 6. The zero-order chi connectivity index (χ0) is 40.4. The lowest BCUT2D eigenvalue weighted by atomic mass is 10.1. The number of urea groups is 1. The van der Waals surface area contributed by atoms with Gasteiger partial charge in [-0.25, -0.2) is 4.79 Å². The molecule has 13 heteroatoms. The van der Waals surface area contributed by atoms with Gasteiger partial charge in [-0.15, -0.1) is 0 Å². The van der Waals surface area contributed by atoms with E-state index in [2.05, 4.69) is 26.6 Å². The molecule has 6 rings (SSSR count). The lowest BCUT2D eigenvalue weighted by molar-refractivity contribution is 0.0987. The molecular weight excluding hydrogens is 725 g/mol. The molecule has 13 nitrogen and oxygen atoms in total. The Morgan fingerprint density at radius 3 is 1.93 bits per heavy atom. The average molecular weight is 781 g/mol. The highest BCUT2D eigenvalue weighted by Gasteiger charge is 2.18. The fourth-order valence-electron chi connectivity index (χ4n) is 6.46. The first-order chi connectivity index (χ1) is 27.7. The Morgan fingerprint density at radius 2 is 1.32 bits per heavy atom. The smallest absolute Gasteiger partial charge is 0.319 e. The van der Waals surface area contributed by atoms with Crippen LogP contribution in [0.1, 0.15) is 78.7 Å². The number of carbonyl (C=O) groups excluding carboxylic acids is 3. The number of nitrogens with one attached hydrogen (secondary N) is 5. The van der Waals surface area contributed by atoms with Crippen molar-refractivity contribution >= 4 is 29.2 Å². The molecule has 4 amide bonds. The Labute approximate surface area is 335 Å². The van der Waals surface area contributed by atoms with Gasteiger partial charge in [-0.1, -0.05) is 26.0 Å². The number of piperidine rings is 2. The number of rotatable bonds is 15. The average Bonchev–Trinajstić information content (AvgIpc) is 3.23. The summed E-state index contributed by atoms with van der Waals surface area (Å²) in [4.78, 5) is 36.3. The second kappa shape index (κ2) is 22.2. The molecule has 0 aromatic heterocycles. The molecule has 0 radical (unpaired) electrons. The van der Waals surface area contributed by atoms with Crippen LogP contribution in [0.5, 0.6) is 23.0 Å². The summed E-state index contributed by atoms with van der Waals surface area (Å²) in [5.41, 5.74) is 8.39. The first-order valence-electron chi connectivity index (χ1n) is 19.8. The highest BCUT2D eigenvalue weighted by molar-refractivity contribution is 6.04. The van der Waals surface area contributed by atoms with Crippen molar-refractivity contribution in [3.63, 3.8) is 0 Å². The van der Waals surface area contributed by atoms with Crippen molar-refractivity contribution in [1.82, 2.24) is 16.0 Å². The molecule has 0 spiro atoms. The molecular formula is C44H56N6O7. The summed E-state index contributed by atoms with van der Waals surface area (Å²) in [6.45, 7) is 8.25. The fraction of sp³-hybridized carbons (Fsp3) is 0.386. The number of anilines is 2. The molecule has 2 aliphatic rings. The summed E-state index contributed by atoms with van der Waals surface area (Å²) >= 11 is 0. The molecule has 0 bridgehead atoms. The van der Waals surface area contributed by atoms with Gasteiger partial charge in [0.1, 0.15) is 35.2 Å². The first kappa shape index (κ1) is 42.5. The summed E-state index contributed by atoms with van der Waals surface area (Å²) in [5, 5.41) is 15.4. The number of primary amides is 1. The molecule has 0 saturated carbocycles. The number of amides is 4. The first-order valence-corrected chi connectivity index (χ1v) is 19.8. The van der Waals surface area contributed by atoms with Crippen LogP contribution in [0.2, 0.25) is 0 Å². The molecule has 2 heterocycles. The maximum absolute atomic E-state index is 12.8. The predicted molar refractivity (Wildman–Crippen MR) is 223 cm³/mol. The summed E-state index contributed by atoms with van der Waals surface area (Å²) < 4.78 is 23.3. The van der Waals surface area contributed by atoms with Crippen molar-refractivity contribution in [2.45, 2.75) is 77.2 Å². The molecule has 2 fully saturated rings. The van der Waals surface area contributed by atoms with Crippen molar-refractivity contribution in [1.29, 1.82) is 0 Å². The summed E-state index contributed by atoms with van der Waals surface area (Å²) in [7, 11) is 1.61. The largest absolute Gasteiger partial charge is 0.490 e. The van der Waals surface area contributed by atoms with E-state index in [9.17, 15) is 14.4 Å². The zero-order valence-corrected chi connectivity index (χ0v) is 33.1. The molecule has 4 aromatic rings. The number of benzene rings is 4. The zero-order valence-electron chi connectivity index (χ0n) is 33.1. The summed E-state index contributed by atoms with van der Waals surface area (Å²) in [6, 6.07) is 26.8. The minimum Gasteiger partial charge on any atom is -0.490 e. The molecule has 0 atom stereocenters. The normalized spacial score (nSPS) is 14.5. The molecule has 0 unspecified atom stereocenters. The van der Waals surface area contributed by atoms with E-state index in [0.29, 0.717) is 46.4 Å². The van der Waals surface area contributed by atoms with Crippen LogP contribution in [0, 0.1) is 0 Å². The Kier molecular flexibility index (Phi) is 16.6. The number of nitrogens with two attached hydrogens (primary N) is 1. The van der Waals surface area contributed by atoms with Gasteiger partial charge in [0, 0.05) is 35.7 Å². The van der Waals surface area contributed by atoms with Crippen LogP contribution >= 0.6 is 0 Å². The van der Waals surface area contributed by atoms with Crippen LogP contribution in [-0.2, 0) is 11.3 Å². The molecule has 4 aromatic carbocycles. The quantitative estimate of drug-likeness (QED) is 0.0727. The van der Waals surface area contributed by atoms with E-state index in [0.717, 1.165) is 76.0 Å². The van der Waals surface area contributed by atoms with E-state index >= 15 is 0 Å². The molecule has 304 valence electrons. The van der Waals surface area contributed by atoms with E-state index in [1.54, 1.807) is 73.8 Å². The number of methoxy groups -OCH3 is 1. The van der Waals surface area contributed by atoms with E-state index in [1.165, 1.54) is 0 Å². The molecule has 57 heavy (non-hydrogen) atoms. The number of ether oxygens (including phenoxy) is 4. The number of para-hydroxylation sites is 1. The van der Waals surface area contributed by atoms with E-state index in [1.807, 2.05) is 38.1 Å². The standard InChI is InChI=1S/C32H40N4O5.C12H16N2O2/c1-4-24(5-2)35-32(38)36-26-10-15-30(23(20-26)21-39-3)41-28-13-8-25(9-14-28)34-31(37)22-6-11-27(12-7-22)40-29-16-18-33-19-17-29;13-12(15)10-3-1-2-4-11(10)16-9-5-7-14-8-6-9/h6-15,20,24,29,33H,4-5,16-19,21H2,1-3H3,(H,34,37)(H2,35,36,38);1-4,9,14H,5-8H2,(H2,13,15). The van der Waals surface area contributed by atoms with E-state index in [4.69, 9.17) is 24.7 Å². The van der Waals surface area contributed by atoms with Gasteiger partial charge in [0.15, 0.2) is 0 Å². The topological polar surface area (TPSA) is 174 Å². The van der Waals surface area contributed by atoms with E-state index in [-0.39, 0.29) is 30.2 Å². The predicted octanol–water partition coefficient (Wildman–Crippen LogP) is 7.23. The van der Waals surface area contributed by atoms with Gasteiger partial charge in [-0.3, -0.25) is 9.59 Å². The highest BCUT2D eigenvalue weighted by atomic mass is 16.5. The van der Waals surface area contributed by atoms with Crippen LogP contribution in [0.4, 0.5) is 16.2 Å². The van der Waals surface area contributed by atoms with Gasteiger partial charge < -0.3 is 51.3 Å². The van der Waals surface area contributed by atoms with Crippen molar-refractivity contribution in [3.05, 3.63) is 108 Å². The van der Waals surface area contributed by atoms with Gasteiger partial charge in [-0.05, 0) is 144 Å². The Bertz CT molecular complexity index is 1870. The van der Waals surface area contributed by atoms with Crippen molar-refractivity contribution in [3.8, 4) is 23.0 Å². The molecule has 0 aliphatic carbocycles. The minimum atomic E-state index is -0.440. The van der Waals surface area contributed by atoms with Crippen LogP contribution < -0.4 is 46.5 Å². The molecule has 7 N–H and O–H groups in total. The Balaban J connectivity index is 0.000000322. The van der Waals surface area contributed by atoms with Crippen molar-refractivity contribution < 1.29 is 33.3 Å². The number of carbonyl (C=O) groups is 3. The molecule has 2 aliphatic heterocycles. The summed E-state index contributed by atoms with van der Waals surface area (Å²) in [5.74, 6) is 1.95. The third kappa shape index (κ3) is 13.5. The Morgan fingerprint density at radius 1 is 0.719 bits per heavy atom. The maximum atomic E-state index is 12.8. The lowest BCUT2D eigenvalue weighted by Crippen LogP contribution is -2.37. The fourth-order valence-corrected chi connectivity index (χ4v) is 6.46. The Hall–Kier alpha value is -5.63. The highest BCUT2D eigenvalue weighted by Crippen LogP contribution is 2.30. The van der Waals surface area contributed by atoms with Crippen molar-refractivity contribution in [2.24, 2.45) is 5.73 Å². The second-order valence-corrected chi connectivity index (χ2v) is 14.0. The second-order valence-electron chi connectivity index (χ2n) is 14.0. The van der Waals surface area contributed by atoms with Crippen LogP contribution in [0.3, 0.4) is 0 Å². The van der Waals surface area contributed by atoms with Gasteiger partial charge in [-0.2, -0.15) is 0 Å². The molecule has 2 saturated heterocycles. The third-order valence-electron chi connectivity index (χ3n) is 9.72. The van der Waals surface area contributed by atoms with Crippen LogP contribution in [0.15, 0.2) is 91.0 Å². The van der Waals surface area contributed by atoms with E-state index < -0.39 is 5.91 Å². The number of hydrogen-bond acceptors (Lipinski definition) is 9. The van der Waals surface area contributed by atoms with Crippen LogP contribution in [-0.4, -0.2) is 69.4 Å². The van der Waals surface area contributed by atoms with Gasteiger partial charge >= 0.3 is 6.03 Å². The van der Waals surface area contributed by atoms with Gasteiger partial charge in [0.05, 0.1) is 12.2 Å². The SMILES string of the molecule is CCC(CC)NC(=O)Nc1ccc(Oc2ccc(NC(=O)c3ccc(OC4CCNCC4)cc3)cc2)c(COC)c1.NC(=O)c1ccccc1OC1CCNCC1. The monoisotopic (exact) mass is 780 g/mol. The maximum Gasteiger partial charge on any atom is 0.319 e. The van der Waals surface area contributed by atoms with Crippen LogP contribution in [0.25, 0.3) is 0 Å². The van der Waals surface area contributed by atoms with Gasteiger partial charge in [0.25, 0.3) is 11.8 Å². The van der Waals surface area contributed by atoms with Crippen molar-refractivity contribution in [2.75, 3.05) is 43.9 Å². The third-order valence-corrected chi connectivity index (χ3v) is 9.72. The minimum absolute atomic E-state index is 0.132. The lowest BCUT2D eigenvalue weighted by Gasteiger charge is -2.24. The summed E-state index contributed by atoms with van der Waals surface area (Å²) in [6.07, 6.45) is 6.03.